The monoisotopic (exact) mass is 430 g/mol. The standard InChI is InChI=1S/C22H13Cl3O3/c23-15-8-5-13(6-9-15)21-22(20(26)17-3-1-2-4-19(17)28-21)27-12-14-7-10-16(24)11-18(14)25/h1-11H,12H2. The van der Waals surface area contributed by atoms with Crippen molar-refractivity contribution in [2.45, 2.75) is 6.61 Å². The molecule has 4 rings (SSSR count). The minimum absolute atomic E-state index is 0.0969. The predicted octanol–water partition coefficient (Wildman–Crippen LogP) is 7.00. The molecule has 140 valence electrons. The molecule has 0 saturated heterocycles. The van der Waals surface area contributed by atoms with E-state index in [0.29, 0.717) is 42.9 Å². The van der Waals surface area contributed by atoms with Crippen molar-refractivity contribution in [2.75, 3.05) is 0 Å². The van der Waals surface area contributed by atoms with Crippen molar-refractivity contribution in [3.63, 3.8) is 0 Å². The Morgan fingerprint density at radius 2 is 1.57 bits per heavy atom. The average molecular weight is 432 g/mol. The fourth-order valence-electron chi connectivity index (χ4n) is 2.84. The molecule has 0 radical (unpaired) electrons. The average Bonchev–Trinajstić information content (AvgIpc) is 2.69. The number of ether oxygens (including phenoxy) is 1. The first-order valence-corrected chi connectivity index (χ1v) is 9.55. The minimum atomic E-state index is -0.253. The van der Waals surface area contributed by atoms with Gasteiger partial charge in [-0.2, -0.15) is 0 Å². The zero-order chi connectivity index (χ0) is 19.7. The molecule has 0 fully saturated rings. The van der Waals surface area contributed by atoms with Crippen LogP contribution in [0.4, 0.5) is 0 Å². The van der Waals surface area contributed by atoms with E-state index in [1.165, 1.54) is 0 Å². The summed E-state index contributed by atoms with van der Waals surface area (Å²) in [6.45, 7) is 0.0969. The van der Waals surface area contributed by atoms with Gasteiger partial charge in [-0.25, -0.2) is 0 Å². The van der Waals surface area contributed by atoms with Crippen LogP contribution in [-0.2, 0) is 6.61 Å². The Bertz CT molecular complexity index is 1210. The molecule has 28 heavy (non-hydrogen) atoms. The van der Waals surface area contributed by atoms with Gasteiger partial charge >= 0.3 is 0 Å². The highest BCUT2D eigenvalue weighted by atomic mass is 35.5. The number of hydrogen-bond donors (Lipinski definition) is 0. The van der Waals surface area contributed by atoms with Crippen LogP contribution in [-0.4, -0.2) is 0 Å². The highest BCUT2D eigenvalue weighted by Gasteiger charge is 2.18. The molecule has 0 bridgehead atoms. The molecule has 6 heteroatoms. The van der Waals surface area contributed by atoms with E-state index in [4.69, 9.17) is 44.0 Å². The van der Waals surface area contributed by atoms with Gasteiger partial charge in [0.15, 0.2) is 5.76 Å². The van der Waals surface area contributed by atoms with Gasteiger partial charge in [-0.15, -0.1) is 0 Å². The predicted molar refractivity (Wildman–Crippen MR) is 114 cm³/mol. The first kappa shape index (κ1) is 18.9. The number of para-hydroxylation sites is 1. The third-order valence-electron chi connectivity index (χ3n) is 4.25. The Morgan fingerprint density at radius 3 is 2.32 bits per heavy atom. The molecular weight excluding hydrogens is 419 g/mol. The normalized spacial score (nSPS) is 11.0. The van der Waals surface area contributed by atoms with Crippen molar-refractivity contribution in [1.29, 1.82) is 0 Å². The van der Waals surface area contributed by atoms with E-state index in [2.05, 4.69) is 0 Å². The van der Waals surface area contributed by atoms with Gasteiger partial charge in [0.05, 0.1) is 5.39 Å². The summed E-state index contributed by atoms with van der Waals surface area (Å²) in [5.74, 6) is 0.456. The van der Waals surface area contributed by atoms with Gasteiger partial charge < -0.3 is 9.15 Å². The van der Waals surface area contributed by atoms with E-state index in [1.54, 1.807) is 60.7 Å². The Labute approximate surface area is 176 Å². The first-order valence-electron chi connectivity index (χ1n) is 8.41. The lowest BCUT2D eigenvalue weighted by atomic mass is 10.1. The van der Waals surface area contributed by atoms with Crippen molar-refractivity contribution < 1.29 is 9.15 Å². The van der Waals surface area contributed by atoms with Gasteiger partial charge in [0.25, 0.3) is 0 Å². The molecule has 0 aliphatic carbocycles. The Balaban J connectivity index is 1.82. The maximum Gasteiger partial charge on any atom is 0.235 e. The summed E-state index contributed by atoms with van der Waals surface area (Å²) in [6.07, 6.45) is 0. The van der Waals surface area contributed by atoms with E-state index >= 15 is 0 Å². The minimum Gasteiger partial charge on any atom is -0.481 e. The van der Waals surface area contributed by atoms with Gasteiger partial charge in [0.1, 0.15) is 12.2 Å². The molecule has 0 aliphatic rings. The Kier molecular flexibility index (Phi) is 5.31. The summed E-state index contributed by atoms with van der Waals surface area (Å²) in [6, 6.07) is 19.2. The molecule has 0 N–H and O–H groups in total. The lowest BCUT2D eigenvalue weighted by Crippen LogP contribution is -2.10. The molecule has 0 amide bonds. The van der Waals surface area contributed by atoms with E-state index < -0.39 is 0 Å². The molecule has 4 aromatic rings. The topological polar surface area (TPSA) is 39.4 Å². The SMILES string of the molecule is O=c1c(OCc2ccc(Cl)cc2Cl)c(-c2ccc(Cl)cc2)oc2ccccc12. The summed E-state index contributed by atoms with van der Waals surface area (Å²) in [5, 5.41) is 2.02. The number of benzene rings is 3. The molecule has 0 atom stereocenters. The maximum absolute atomic E-state index is 13.1. The fourth-order valence-corrected chi connectivity index (χ4v) is 3.43. The number of rotatable bonds is 4. The highest BCUT2D eigenvalue weighted by Crippen LogP contribution is 2.32. The first-order chi connectivity index (χ1) is 13.5. The van der Waals surface area contributed by atoms with Crippen LogP contribution >= 0.6 is 34.8 Å². The van der Waals surface area contributed by atoms with Gasteiger partial charge in [-0.1, -0.05) is 53.0 Å². The quantitative estimate of drug-likeness (QED) is 0.349. The van der Waals surface area contributed by atoms with Crippen LogP contribution in [0.1, 0.15) is 5.56 Å². The largest absolute Gasteiger partial charge is 0.481 e. The number of halogens is 3. The molecule has 1 aromatic heterocycles. The summed E-state index contributed by atoms with van der Waals surface area (Å²) in [7, 11) is 0. The lowest BCUT2D eigenvalue weighted by molar-refractivity contribution is 0.298. The van der Waals surface area contributed by atoms with Crippen LogP contribution in [0.2, 0.25) is 15.1 Å². The summed E-state index contributed by atoms with van der Waals surface area (Å²) in [5.41, 5.74) is 1.62. The maximum atomic E-state index is 13.1. The van der Waals surface area contributed by atoms with Crippen LogP contribution in [0.5, 0.6) is 5.75 Å². The van der Waals surface area contributed by atoms with Crippen LogP contribution < -0.4 is 10.2 Å². The van der Waals surface area contributed by atoms with E-state index in [9.17, 15) is 4.79 Å². The van der Waals surface area contributed by atoms with Crippen molar-refractivity contribution >= 4 is 45.8 Å². The van der Waals surface area contributed by atoms with Gasteiger partial charge in [0.2, 0.25) is 11.2 Å². The third-order valence-corrected chi connectivity index (χ3v) is 5.09. The van der Waals surface area contributed by atoms with Crippen LogP contribution in [0.25, 0.3) is 22.3 Å². The second-order valence-corrected chi connectivity index (χ2v) is 7.40. The van der Waals surface area contributed by atoms with Gasteiger partial charge in [0, 0.05) is 26.2 Å². The summed E-state index contributed by atoms with van der Waals surface area (Å²) < 4.78 is 11.9. The summed E-state index contributed by atoms with van der Waals surface area (Å²) in [4.78, 5) is 13.1. The lowest BCUT2D eigenvalue weighted by Gasteiger charge is -2.12. The van der Waals surface area contributed by atoms with Crippen molar-refractivity contribution in [2.24, 2.45) is 0 Å². The van der Waals surface area contributed by atoms with Crippen molar-refractivity contribution in [1.82, 2.24) is 0 Å². The Hall–Kier alpha value is -2.46. The van der Waals surface area contributed by atoms with Gasteiger partial charge in [-0.05, 0) is 48.5 Å². The Morgan fingerprint density at radius 1 is 0.857 bits per heavy atom. The molecule has 0 saturated carbocycles. The molecule has 0 unspecified atom stereocenters. The highest BCUT2D eigenvalue weighted by molar-refractivity contribution is 6.35. The number of hydrogen-bond acceptors (Lipinski definition) is 3. The summed E-state index contributed by atoms with van der Waals surface area (Å²) >= 11 is 18.2. The third kappa shape index (κ3) is 3.74. The van der Waals surface area contributed by atoms with E-state index in [-0.39, 0.29) is 17.8 Å². The smallest absolute Gasteiger partial charge is 0.235 e. The molecule has 1 heterocycles. The second kappa shape index (κ2) is 7.88. The molecule has 3 nitrogen and oxygen atoms in total. The van der Waals surface area contributed by atoms with Crippen LogP contribution in [0, 0.1) is 0 Å². The van der Waals surface area contributed by atoms with Crippen LogP contribution in [0.3, 0.4) is 0 Å². The molecule has 0 aliphatic heterocycles. The zero-order valence-electron chi connectivity index (χ0n) is 14.4. The van der Waals surface area contributed by atoms with Crippen molar-refractivity contribution in [3.05, 3.63) is 97.6 Å². The van der Waals surface area contributed by atoms with Crippen molar-refractivity contribution in [3.8, 4) is 17.1 Å². The van der Waals surface area contributed by atoms with E-state index in [0.717, 1.165) is 0 Å². The number of fused-ring (bicyclic) bond motifs is 1. The zero-order valence-corrected chi connectivity index (χ0v) is 16.7. The van der Waals surface area contributed by atoms with E-state index in [1.807, 2.05) is 6.07 Å². The molecule has 3 aromatic carbocycles. The van der Waals surface area contributed by atoms with Gasteiger partial charge in [-0.3, -0.25) is 4.79 Å². The second-order valence-electron chi connectivity index (χ2n) is 6.12. The molecular formula is C22H13Cl3O3. The molecule has 0 spiro atoms. The fraction of sp³-hybridized carbons (Fsp3) is 0.0455. The van der Waals surface area contributed by atoms with Crippen LogP contribution in [0.15, 0.2) is 75.9 Å².